The maximum Gasteiger partial charge on any atom is 0.0320 e. The van der Waals surface area contributed by atoms with Crippen LogP contribution in [0.4, 0.5) is 0 Å². The van der Waals surface area contributed by atoms with E-state index in [4.69, 9.17) is 0 Å². The fourth-order valence-electron chi connectivity index (χ4n) is 2.13. The number of piperazine rings is 1. The van der Waals surface area contributed by atoms with Gasteiger partial charge in [-0.25, -0.2) is 0 Å². The summed E-state index contributed by atoms with van der Waals surface area (Å²) in [5, 5.41) is 3.37. The molecule has 0 amide bonds. The molecule has 0 aliphatic carbocycles. The van der Waals surface area contributed by atoms with Crippen molar-refractivity contribution in [2.45, 2.75) is 32.4 Å². The molecule has 14 heavy (non-hydrogen) atoms. The molecule has 2 heterocycles. The third-order valence-corrected chi connectivity index (χ3v) is 3.29. The number of hydrogen-bond donors (Lipinski definition) is 1. The zero-order valence-electron chi connectivity index (χ0n) is 9.71. The average Bonchev–Trinajstić information content (AvgIpc) is 2.88. The molecule has 0 aromatic heterocycles. The van der Waals surface area contributed by atoms with Crippen LogP contribution in [0.5, 0.6) is 0 Å². The summed E-state index contributed by atoms with van der Waals surface area (Å²) in [5.74, 6) is 0. The molecule has 2 aliphatic heterocycles. The quantitative estimate of drug-likeness (QED) is 0.649. The van der Waals surface area contributed by atoms with Crippen LogP contribution >= 0.6 is 0 Å². The van der Waals surface area contributed by atoms with Crippen molar-refractivity contribution < 1.29 is 0 Å². The summed E-state index contributed by atoms with van der Waals surface area (Å²) >= 11 is 0. The predicted molar refractivity (Wildman–Crippen MR) is 59.6 cm³/mol. The zero-order chi connectivity index (χ0) is 10.2. The van der Waals surface area contributed by atoms with Gasteiger partial charge in [-0.3, -0.25) is 9.80 Å². The van der Waals surface area contributed by atoms with Gasteiger partial charge in [0.25, 0.3) is 0 Å². The molecule has 3 heteroatoms. The van der Waals surface area contributed by atoms with Crippen molar-refractivity contribution in [3.8, 4) is 0 Å². The molecule has 2 saturated heterocycles. The summed E-state index contributed by atoms with van der Waals surface area (Å²) in [5.41, 5.74) is 0.351. The minimum Gasteiger partial charge on any atom is -0.310 e. The Balaban J connectivity index is 1.74. The van der Waals surface area contributed by atoms with Crippen molar-refractivity contribution in [3.63, 3.8) is 0 Å². The van der Waals surface area contributed by atoms with E-state index in [1.54, 1.807) is 0 Å². The van der Waals surface area contributed by atoms with Gasteiger partial charge in [0.2, 0.25) is 0 Å². The van der Waals surface area contributed by atoms with E-state index in [9.17, 15) is 0 Å². The Hall–Kier alpha value is -0.120. The fourth-order valence-corrected chi connectivity index (χ4v) is 2.13. The Morgan fingerprint density at radius 2 is 1.71 bits per heavy atom. The molecular weight excluding hydrogens is 174 g/mol. The molecule has 0 saturated carbocycles. The Morgan fingerprint density at radius 3 is 2.14 bits per heavy atom. The van der Waals surface area contributed by atoms with Crippen molar-refractivity contribution in [2.75, 3.05) is 39.3 Å². The first kappa shape index (κ1) is 10.4. The summed E-state index contributed by atoms with van der Waals surface area (Å²) in [4.78, 5) is 5.18. The van der Waals surface area contributed by atoms with Gasteiger partial charge in [0, 0.05) is 50.8 Å². The Kier molecular flexibility index (Phi) is 2.82. The first-order valence-corrected chi connectivity index (χ1v) is 5.76. The van der Waals surface area contributed by atoms with E-state index in [-0.39, 0.29) is 0 Å². The van der Waals surface area contributed by atoms with E-state index in [0.717, 1.165) is 6.04 Å². The van der Waals surface area contributed by atoms with Crippen LogP contribution in [0.15, 0.2) is 0 Å². The zero-order valence-corrected chi connectivity index (χ0v) is 9.71. The maximum atomic E-state index is 3.37. The van der Waals surface area contributed by atoms with Gasteiger partial charge in [-0.15, -0.1) is 0 Å². The molecule has 2 rings (SSSR count). The Labute approximate surface area is 87.4 Å². The van der Waals surface area contributed by atoms with Gasteiger partial charge in [0.15, 0.2) is 0 Å². The molecule has 0 aromatic carbocycles. The monoisotopic (exact) mass is 197 g/mol. The predicted octanol–water partition coefficient (Wildman–Crippen LogP) is 0.374. The minimum atomic E-state index is 0.351. The lowest BCUT2D eigenvalue weighted by Crippen LogP contribution is -2.54. The summed E-state index contributed by atoms with van der Waals surface area (Å²) < 4.78 is 0. The smallest absolute Gasteiger partial charge is 0.0320 e. The van der Waals surface area contributed by atoms with Crippen LogP contribution in [0, 0.1) is 0 Å². The first-order valence-electron chi connectivity index (χ1n) is 5.76. The van der Waals surface area contributed by atoms with Crippen LogP contribution in [0.1, 0.15) is 20.8 Å². The Bertz CT molecular complexity index is 185. The summed E-state index contributed by atoms with van der Waals surface area (Å²) in [6, 6.07) is 0.802. The van der Waals surface area contributed by atoms with Crippen molar-refractivity contribution in [3.05, 3.63) is 0 Å². The largest absolute Gasteiger partial charge is 0.310 e. The second kappa shape index (κ2) is 3.80. The molecule has 2 fully saturated rings. The molecule has 1 N–H and O–H groups in total. The van der Waals surface area contributed by atoms with E-state index in [1.165, 1.54) is 39.3 Å². The molecule has 0 bridgehead atoms. The molecule has 2 aliphatic rings. The van der Waals surface area contributed by atoms with Gasteiger partial charge in [-0.2, -0.15) is 0 Å². The molecule has 0 spiro atoms. The highest BCUT2D eigenvalue weighted by molar-refractivity contribution is 4.89. The third kappa shape index (κ3) is 2.69. The van der Waals surface area contributed by atoms with Gasteiger partial charge in [-0.05, 0) is 20.8 Å². The molecule has 82 valence electrons. The Morgan fingerprint density at radius 1 is 1.14 bits per heavy atom. The highest BCUT2D eigenvalue weighted by Gasteiger charge is 2.28. The third-order valence-electron chi connectivity index (χ3n) is 3.29. The highest BCUT2D eigenvalue weighted by Crippen LogP contribution is 2.16. The maximum absolute atomic E-state index is 3.37. The summed E-state index contributed by atoms with van der Waals surface area (Å²) in [6.45, 7) is 14.4. The topological polar surface area (TPSA) is 28.4 Å². The van der Waals surface area contributed by atoms with Gasteiger partial charge < -0.3 is 5.32 Å². The molecule has 1 atom stereocenters. The fraction of sp³-hybridized carbons (Fsp3) is 1.00. The highest BCUT2D eigenvalue weighted by atomic mass is 15.3. The van der Waals surface area contributed by atoms with E-state index >= 15 is 0 Å². The normalized spacial score (nSPS) is 30.6. The molecule has 0 radical (unpaired) electrons. The van der Waals surface area contributed by atoms with Crippen LogP contribution in [-0.2, 0) is 0 Å². The van der Waals surface area contributed by atoms with Crippen LogP contribution in [0.3, 0.4) is 0 Å². The second-order valence-electron chi connectivity index (χ2n) is 5.56. The molecule has 1 unspecified atom stereocenters. The van der Waals surface area contributed by atoms with E-state index in [0.29, 0.717) is 5.54 Å². The van der Waals surface area contributed by atoms with Crippen LogP contribution in [0.2, 0.25) is 0 Å². The first-order chi connectivity index (χ1) is 6.55. The molecule has 0 aromatic rings. The standard InChI is InChI=1S/C11H23N3/c1-11(2,3)14-6-4-13(5-7-14)9-10-8-12-10/h10,12H,4-9H2,1-3H3. The van der Waals surface area contributed by atoms with Crippen LogP contribution in [0.25, 0.3) is 0 Å². The van der Waals surface area contributed by atoms with Gasteiger partial charge >= 0.3 is 0 Å². The number of rotatable bonds is 2. The number of nitrogens with zero attached hydrogens (tertiary/aromatic N) is 2. The van der Waals surface area contributed by atoms with Crippen molar-refractivity contribution in [1.82, 2.24) is 15.1 Å². The van der Waals surface area contributed by atoms with Crippen LogP contribution < -0.4 is 5.32 Å². The van der Waals surface area contributed by atoms with Gasteiger partial charge in [-0.1, -0.05) is 0 Å². The number of hydrogen-bond acceptors (Lipinski definition) is 3. The van der Waals surface area contributed by atoms with Crippen molar-refractivity contribution >= 4 is 0 Å². The SMILES string of the molecule is CC(C)(C)N1CCN(CC2CN2)CC1. The minimum absolute atomic E-state index is 0.351. The molecular formula is C11H23N3. The van der Waals surface area contributed by atoms with E-state index in [2.05, 4.69) is 35.9 Å². The van der Waals surface area contributed by atoms with Gasteiger partial charge in [0.1, 0.15) is 0 Å². The van der Waals surface area contributed by atoms with E-state index in [1.807, 2.05) is 0 Å². The lowest BCUT2D eigenvalue weighted by molar-refractivity contribution is 0.0627. The second-order valence-corrected chi connectivity index (χ2v) is 5.56. The van der Waals surface area contributed by atoms with E-state index < -0.39 is 0 Å². The van der Waals surface area contributed by atoms with Crippen molar-refractivity contribution in [2.24, 2.45) is 0 Å². The van der Waals surface area contributed by atoms with Gasteiger partial charge in [0.05, 0.1) is 0 Å². The molecule has 3 nitrogen and oxygen atoms in total. The van der Waals surface area contributed by atoms with Crippen molar-refractivity contribution in [1.29, 1.82) is 0 Å². The number of nitrogens with one attached hydrogen (secondary N) is 1. The lowest BCUT2D eigenvalue weighted by Gasteiger charge is -2.42. The lowest BCUT2D eigenvalue weighted by atomic mass is 10.0. The summed E-state index contributed by atoms with van der Waals surface area (Å²) in [6.07, 6.45) is 0. The van der Waals surface area contributed by atoms with Crippen LogP contribution in [-0.4, -0.2) is 60.6 Å². The summed E-state index contributed by atoms with van der Waals surface area (Å²) in [7, 11) is 0. The average molecular weight is 197 g/mol.